The average molecular weight is 383 g/mol. The van der Waals surface area contributed by atoms with Gasteiger partial charge in [-0.2, -0.15) is 9.61 Å². The molecule has 2 aromatic carbocycles. The number of nitrogens with one attached hydrogen (secondary N) is 1. The fourth-order valence-electron chi connectivity index (χ4n) is 2.72. The van der Waals surface area contributed by atoms with Crippen LogP contribution in [0.25, 0.3) is 16.8 Å². The Balaban J connectivity index is 1.69. The van der Waals surface area contributed by atoms with Crippen LogP contribution in [0.3, 0.4) is 0 Å². The number of nitrogens with zero attached hydrogens (tertiary/aromatic N) is 3. The Bertz CT molecular complexity index is 1130. The first-order valence-electron chi connectivity index (χ1n) is 8.02. The van der Waals surface area contributed by atoms with Crippen molar-refractivity contribution in [3.63, 3.8) is 0 Å². The third-order valence-corrected chi connectivity index (χ3v) is 5.17. The number of aromatic nitrogens is 4. The minimum atomic E-state index is -0.304. The van der Waals surface area contributed by atoms with Gasteiger partial charge < -0.3 is 0 Å². The summed E-state index contributed by atoms with van der Waals surface area (Å²) in [6, 6.07) is 15.7. The van der Waals surface area contributed by atoms with E-state index in [4.69, 9.17) is 11.6 Å². The number of hydrogen-bond donors (Lipinski definition) is 1. The van der Waals surface area contributed by atoms with Gasteiger partial charge >= 0.3 is 5.69 Å². The lowest BCUT2D eigenvalue weighted by molar-refractivity contribution is 0.786. The summed E-state index contributed by atoms with van der Waals surface area (Å²) in [6.45, 7) is 2.06. The van der Waals surface area contributed by atoms with Crippen molar-refractivity contribution in [3.8, 4) is 11.1 Å². The number of fused-ring (bicyclic) bond motifs is 1. The van der Waals surface area contributed by atoms with E-state index in [-0.39, 0.29) is 5.69 Å². The van der Waals surface area contributed by atoms with Crippen LogP contribution >= 0.6 is 23.4 Å². The van der Waals surface area contributed by atoms with Crippen LogP contribution < -0.4 is 5.69 Å². The monoisotopic (exact) mass is 382 g/mol. The van der Waals surface area contributed by atoms with Crippen LogP contribution in [0, 0.1) is 6.92 Å². The van der Waals surface area contributed by atoms with Crippen molar-refractivity contribution in [1.82, 2.24) is 19.6 Å². The van der Waals surface area contributed by atoms with Gasteiger partial charge in [-0.1, -0.05) is 65.3 Å². The minimum absolute atomic E-state index is 0.304. The van der Waals surface area contributed by atoms with E-state index in [2.05, 4.69) is 40.2 Å². The van der Waals surface area contributed by atoms with E-state index in [9.17, 15) is 4.79 Å². The second-order valence-electron chi connectivity index (χ2n) is 5.93. The highest BCUT2D eigenvalue weighted by atomic mass is 35.5. The zero-order chi connectivity index (χ0) is 18.1. The van der Waals surface area contributed by atoms with Gasteiger partial charge in [-0.15, -0.1) is 0 Å². The molecular formula is C19H15ClN4OS. The van der Waals surface area contributed by atoms with Gasteiger partial charge in [-0.25, -0.2) is 9.78 Å². The topological polar surface area (TPSA) is 63.1 Å². The van der Waals surface area contributed by atoms with Crippen LogP contribution in [0.1, 0.15) is 11.1 Å². The first-order chi connectivity index (χ1) is 12.6. The summed E-state index contributed by atoms with van der Waals surface area (Å²) in [4.78, 5) is 19.7. The van der Waals surface area contributed by atoms with Gasteiger partial charge in [0, 0.05) is 16.3 Å². The number of halogens is 1. The van der Waals surface area contributed by atoms with E-state index in [1.54, 1.807) is 18.3 Å². The van der Waals surface area contributed by atoms with E-state index in [0.29, 0.717) is 15.8 Å². The Morgan fingerprint density at radius 2 is 2.00 bits per heavy atom. The third-order valence-electron chi connectivity index (χ3n) is 3.97. The van der Waals surface area contributed by atoms with E-state index in [0.717, 1.165) is 16.9 Å². The maximum absolute atomic E-state index is 12.3. The molecule has 4 aromatic rings. The standard InChI is InChI=1S/C19H15ClN4OS/c1-12-3-2-4-13(9-12)11-26-18-22-17-16(10-21-24(17)19(25)23-18)14-5-7-15(20)8-6-14/h2-10H,11H2,1H3,(H,22,23,25). The molecule has 0 radical (unpaired) electrons. The summed E-state index contributed by atoms with van der Waals surface area (Å²) in [6.07, 6.45) is 1.65. The molecule has 0 saturated heterocycles. The highest BCUT2D eigenvalue weighted by Gasteiger charge is 2.12. The minimum Gasteiger partial charge on any atom is -0.285 e. The molecule has 0 amide bonds. The van der Waals surface area contributed by atoms with Gasteiger partial charge in [-0.05, 0) is 30.2 Å². The van der Waals surface area contributed by atoms with Crippen molar-refractivity contribution >= 4 is 29.0 Å². The Hall–Kier alpha value is -2.57. The summed E-state index contributed by atoms with van der Waals surface area (Å²) in [5.41, 5.74) is 4.33. The molecule has 0 atom stereocenters. The van der Waals surface area contributed by atoms with Crippen LogP contribution in [0.15, 0.2) is 64.7 Å². The molecule has 1 N–H and O–H groups in total. The first kappa shape index (κ1) is 16.9. The molecule has 26 heavy (non-hydrogen) atoms. The lowest BCUT2D eigenvalue weighted by Crippen LogP contribution is -2.19. The molecule has 0 spiro atoms. The highest BCUT2D eigenvalue weighted by molar-refractivity contribution is 7.98. The van der Waals surface area contributed by atoms with Crippen molar-refractivity contribution in [1.29, 1.82) is 0 Å². The Morgan fingerprint density at radius 3 is 2.77 bits per heavy atom. The molecule has 0 aliphatic carbocycles. The molecule has 0 aliphatic rings. The highest BCUT2D eigenvalue weighted by Crippen LogP contribution is 2.26. The molecule has 2 heterocycles. The van der Waals surface area contributed by atoms with Crippen molar-refractivity contribution in [2.24, 2.45) is 0 Å². The smallest absolute Gasteiger partial charge is 0.285 e. The molecule has 0 fully saturated rings. The number of thioether (sulfide) groups is 1. The summed E-state index contributed by atoms with van der Waals surface area (Å²) in [5, 5.41) is 5.38. The molecule has 0 aliphatic heterocycles. The molecule has 0 unspecified atom stereocenters. The molecule has 130 valence electrons. The van der Waals surface area contributed by atoms with E-state index in [1.165, 1.54) is 27.4 Å². The largest absolute Gasteiger partial charge is 0.350 e. The summed E-state index contributed by atoms with van der Waals surface area (Å²) in [7, 11) is 0. The lowest BCUT2D eigenvalue weighted by Gasteiger charge is -2.04. The Labute approximate surface area is 159 Å². The summed E-state index contributed by atoms with van der Waals surface area (Å²) in [5.74, 6) is 0.727. The number of aryl methyl sites for hydroxylation is 1. The number of H-pyrrole nitrogens is 1. The van der Waals surface area contributed by atoms with Crippen LogP contribution in [0.4, 0.5) is 0 Å². The molecule has 7 heteroatoms. The van der Waals surface area contributed by atoms with Gasteiger partial charge in [0.2, 0.25) is 0 Å². The molecule has 5 nitrogen and oxygen atoms in total. The Kier molecular flexibility index (Phi) is 4.53. The number of benzene rings is 2. The molecule has 4 rings (SSSR count). The number of hydrogen-bond acceptors (Lipinski definition) is 4. The molecule has 0 bridgehead atoms. The predicted octanol–water partition coefficient (Wildman–Crippen LogP) is 4.34. The fourth-order valence-corrected chi connectivity index (χ4v) is 3.64. The normalized spacial score (nSPS) is 11.2. The first-order valence-corrected chi connectivity index (χ1v) is 9.39. The SMILES string of the molecule is Cc1cccc(CSc2nc3c(-c4ccc(Cl)cc4)cnn3c(=O)[nH]2)c1. The maximum atomic E-state index is 12.3. The predicted molar refractivity (Wildman–Crippen MR) is 105 cm³/mol. The summed E-state index contributed by atoms with van der Waals surface area (Å²) < 4.78 is 1.28. The summed E-state index contributed by atoms with van der Waals surface area (Å²) >= 11 is 7.45. The molecular weight excluding hydrogens is 368 g/mol. The maximum Gasteiger partial charge on any atom is 0.350 e. The fraction of sp³-hybridized carbons (Fsp3) is 0.105. The Morgan fingerprint density at radius 1 is 1.19 bits per heavy atom. The molecule has 0 saturated carbocycles. The van der Waals surface area contributed by atoms with Crippen molar-refractivity contribution in [2.45, 2.75) is 17.8 Å². The average Bonchev–Trinajstić information content (AvgIpc) is 3.05. The van der Waals surface area contributed by atoms with Gasteiger partial charge in [0.05, 0.1) is 6.20 Å². The number of aromatic amines is 1. The molecule has 2 aromatic heterocycles. The van der Waals surface area contributed by atoms with Crippen molar-refractivity contribution in [3.05, 3.63) is 81.4 Å². The van der Waals surface area contributed by atoms with Crippen LogP contribution in [-0.2, 0) is 5.75 Å². The second-order valence-corrected chi connectivity index (χ2v) is 7.33. The van der Waals surface area contributed by atoms with Gasteiger partial charge in [-0.3, -0.25) is 4.98 Å². The zero-order valence-corrected chi connectivity index (χ0v) is 15.5. The van der Waals surface area contributed by atoms with Crippen LogP contribution in [0.2, 0.25) is 5.02 Å². The van der Waals surface area contributed by atoms with Gasteiger partial charge in [0.15, 0.2) is 10.8 Å². The zero-order valence-electron chi connectivity index (χ0n) is 13.9. The van der Waals surface area contributed by atoms with E-state index >= 15 is 0 Å². The lowest BCUT2D eigenvalue weighted by atomic mass is 10.1. The second kappa shape index (κ2) is 6.97. The van der Waals surface area contributed by atoms with Gasteiger partial charge in [0.1, 0.15) is 0 Å². The third kappa shape index (κ3) is 3.38. The van der Waals surface area contributed by atoms with Crippen LogP contribution in [-0.4, -0.2) is 19.6 Å². The van der Waals surface area contributed by atoms with Gasteiger partial charge in [0.25, 0.3) is 0 Å². The number of rotatable bonds is 4. The van der Waals surface area contributed by atoms with E-state index < -0.39 is 0 Å². The van der Waals surface area contributed by atoms with Crippen molar-refractivity contribution in [2.75, 3.05) is 0 Å². The van der Waals surface area contributed by atoms with Crippen molar-refractivity contribution < 1.29 is 0 Å². The van der Waals surface area contributed by atoms with E-state index in [1.807, 2.05) is 18.2 Å². The van der Waals surface area contributed by atoms with Crippen LogP contribution in [0.5, 0.6) is 0 Å². The quantitative estimate of drug-likeness (QED) is 0.533.